The van der Waals surface area contributed by atoms with Crippen LogP contribution in [0.4, 0.5) is 0 Å². The van der Waals surface area contributed by atoms with Gasteiger partial charge in [0.05, 0.1) is 17.3 Å². The first-order valence-corrected chi connectivity index (χ1v) is 6.72. The van der Waals surface area contributed by atoms with Gasteiger partial charge < -0.3 is 9.64 Å². The SMILES string of the molecule is COc1nnc(C2CCN(C(C)C)C2)cc1Br. The van der Waals surface area contributed by atoms with E-state index < -0.39 is 0 Å². The van der Waals surface area contributed by atoms with Gasteiger partial charge in [0, 0.05) is 18.5 Å². The number of aromatic nitrogens is 2. The average Bonchev–Trinajstić information content (AvgIpc) is 2.78. The van der Waals surface area contributed by atoms with Crippen LogP contribution >= 0.6 is 15.9 Å². The van der Waals surface area contributed by atoms with Gasteiger partial charge in [0.15, 0.2) is 0 Å². The molecule has 1 aromatic rings. The summed E-state index contributed by atoms with van der Waals surface area (Å²) in [6, 6.07) is 2.63. The summed E-state index contributed by atoms with van der Waals surface area (Å²) in [5.74, 6) is 1.04. The van der Waals surface area contributed by atoms with Crippen LogP contribution in [0, 0.1) is 0 Å². The molecule has 4 nitrogen and oxygen atoms in total. The molecule has 17 heavy (non-hydrogen) atoms. The van der Waals surface area contributed by atoms with E-state index in [1.807, 2.05) is 6.07 Å². The van der Waals surface area contributed by atoms with Crippen molar-refractivity contribution in [1.29, 1.82) is 0 Å². The Morgan fingerprint density at radius 2 is 2.24 bits per heavy atom. The average molecular weight is 300 g/mol. The maximum atomic E-state index is 5.09. The third kappa shape index (κ3) is 2.77. The van der Waals surface area contributed by atoms with Crippen LogP contribution in [0.3, 0.4) is 0 Å². The molecule has 0 saturated carbocycles. The highest BCUT2D eigenvalue weighted by Gasteiger charge is 2.27. The topological polar surface area (TPSA) is 38.3 Å². The number of hydrogen-bond acceptors (Lipinski definition) is 4. The highest BCUT2D eigenvalue weighted by molar-refractivity contribution is 9.10. The van der Waals surface area contributed by atoms with Crippen LogP contribution in [-0.4, -0.2) is 41.3 Å². The predicted octanol–water partition coefficient (Wildman–Crippen LogP) is 2.45. The molecule has 0 aromatic carbocycles. The van der Waals surface area contributed by atoms with Gasteiger partial charge in [0.2, 0.25) is 5.88 Å². The van der Waals surface area contributed by atoms with Crippen LogP contribution in [0.5, 0.6) is 5.88 Å². The summed E-state index contributed by atoms with van der Waals surface area (Å²) < 4.78 is 5.97. The summed E-state index contributed by atoms with van der Waals surface area (Å²) in [6.07, 6.45) is 1.16. The van der Waals surface area contributed by atoms with Crippen molar-refractivity contribution in [2.45, 2.75) is 32.2 Å². The zero-order valence-electron chi connectivity index (χ0n) is 10.5. The van der Waals surface area contributed by atoms with Gasteiger partial charge in [-0.2, -0.15) is 5.10 Å². The number of hydrogen-bond donors (Lipinski definition) is 0. The molecular formula is C12H18BrN3O. The highest BCUT2D eigenvalue weighted by Crippen LogP contribution is 2.30. The van der Waals surface area contributed by atoms with Crippen molar-refractivity contribution < 1.29 is 4.74 Å². The van der Waals surface area contributed by atoms with E-state index in [1.165, 1.54) is 0 Å². The fourth-order valence-corrected chi connectivity index (χ4v) is 2.68. The lowest BCUT2D eigenvalue weighted by molar-refractivity contribution is 0.272. The normalized spacial score (nSPS) is 21.1. The number of halogens is 1. The first-order valence-electron chi connectivity index (χ1n) is 5.93. The van der Waals surface area contributed by atoms with Gasteiger partial charge in [-0.3, -0.25) is 0 Å². The lowest BCUT2D eigenvalue weighted by Gasteiger charge is -2.20. The van der Waals surface area contributed by atoms with Crippen LogP contribution in [0.2, 0.25) is 0 Å². The minimum absolute atomic E-state index is 0.493. The number of likely N-dealkylation sites (tertiary alicyclic amines) is 1. The summed E-state index contributed by atoms with van der Waals surface area (Å²) in [7, 11) is 1.60. The van der Waals surface area contributed by atoms with Crippen molar-refractivity contribution in [3.05, 3.63) is 16.2 Å². The molecule has 0 bridgehead atoms. The summed E-state index contributed by atoms with van der Waals surface area (Å²) in [6.45, 7) is 6.69. The molecule has 94 valence electrons. The van der Waals surface area contributed by atoms with Crippen LogP contribution in [0.15, 0.2) is 10.5 Å². The van der Waals surface area contributed by atoms with E-state index in [1.54, 1.807) is 7.11 Å². The van der Waals surface area contributed by atoms with Gasteiger partial charge in [-0.05, 0) is 48.8 Å². The van der Waals surface area contributed by atoms with Crippen molar-refractivity contribution >= 4 is 15.9 Å². The maximum Gasteiger partial charge on any atom is 0.247 e. The molecule has 2 heterocycles. The third-order valence-corrected chi connectivity index (χ3v) is 3.86. The molecule has 1 atom stereocenters. The number of ether oxygens (including phenoxy) is 1. The number of rotatable bonds is 3. The summed E-state index contributed by atoms with van der Waals surface area (Å²) in [4.78, 5) is 2.48. The van der Waals surface area contributed by atoms with E-state index in [9.17, 15) is 0 Å². The van der Waals surface area contributed by atoms with Crippen LogP contribution in [0.1, 0.15) is 31.9 Å². The Kier molecular flexibility index (Phi) is 3.99. The van der Waals surface area contributed by atoms with Crippen molar-refractivity contribution in [1.82, 2.24) is 15.1 Å². The molecule has 1 saturated heterocycles. The Bertz CT molecular complexity index is 397. The summed E-state index contributed by atoms with van der Waals surface area (Å²) in [5, 5.41) is 8.33. The Morgan fingerprint density at radius 3 is 2.76 bits per heavy atom. The van der Waals surface area contributed by atoms with E-state index >= 15 is 0 Å². The smallest absolute Gasteiger partial charge is 0.247 e. The molecular weight excluding hydrogens is 282 g/mol. The fourth-order valence-electron chi connectivity index (χ4n) is 2.21. The van der Waals surface area contributed by atoms with Crippen LogP contribution < -0.4 is 4.74 Å². The zero-order valence-corrected chi connectivity index (χ0v) is 12.1. The molecule has 2 rings (SSSR count). The zero-order chi connectivity index (χ0) is 12.4. The maximum absolute atomic E-state index is 5.09. The van der Waals surface area contributed by atoms with Crippen molar-refractivity contribution in [2.24, 2.45) is 0 Å². The minimum Gasteiger partial charge on any atom is -0.479 e. The Balaban J connectivity index is 2.11. The lowest BCUT2D eigenvalue weighted by atomic mass is 10.1. The van der Waals surface area contributed by atoms with Crippen molar-refractivity contribution in [3.63, 3.8) is 0 Å². The van der Waals surface area contributed by atoms with Gasteiger partial charge in [0.1, 0.15) is 0 Å². The third-order valence-electron chi connectivity index (χ3n) is 3.30. The Hall–Kier alpha value is -0.680. The van der Waals surface area contributed by atoms with E-state index in [0.717, 1.165) is 29.7 Å². The highest BCUT2D eigenvalue weighted by atomic mass is 79.9. The quantitative estimate of drug-likeness (QED) is 0.859. The molecule has 5 heteroatoms. The fraction of sp³-hybridized carbons (Fsp3) is 0.667. The van der Waals surface area contributed by atoms with Gasteiger partial charge in [-0.15, -0.1) is 5.10 Å². The molecule has 1 unspecified atom stereocenters. The number of nitrogens with zero attached hydrogens (tertiary/aromatic N) is 3. The van der Waals surface area contributed by atoms with Gasteiger partial charge in [-0.25, -0.2) is 0 Å². The molecule has 0 amide bonds. The van der Waals surface area contributed by atoms with Crippen molar-refractivity contribution in [3.8, 4) is 5.88 Å². The van der Waals surface area contributed by atoms with E-state index in [4.69, 9.17) is 4.74 Å². The monoisotopic (exact) mass is 299 g/mol. The summed E-state index contributed by atoms with van der Waals surface area (Å²) in [5.41, 5.74) is 1.06. The van der Waals surface area contributed by atoms with Crippen molar-refractivity contribution in [2.75, 3.05) is 20.2 Å². The second-order valence-electron chi connectivity index (χ2n) is 4.70. The van der Waals surface area contributed by atoms with Crippen LogP contribution in [-0.2, 0) is 0 Å². The van der Waals surface area contributed by atoms with Gasteiger partial charge in [-0.1, -0.05) is 0 Å². The Morgan fingerprint density at radius 1 is 1.47 bits per heavy atom. The van der Waals surface area contributed by atoms with E-state index in [0.29, 0.717) is 17.8 Å². The van der Waals surface area contributed by atoms with E-state index in [-0.39, 0.29) is 0 Å². The molecule has 0 radical (unpaired) electrons. The predicted molar refractivity (Wildman–Crippen MR) is 70.4 cm³/mol. The molecule has 0 aliphatic carbocycles. The molecule has 0 spiro atoms. The lowest BCUT2D eigenvalue weighted by Crippen LogP contribution is -2.28. The molecule has 1 aromatic heterocycles. The molecule has 1 fully saturated rings. The van der Waals surface area contributed by atoms with E-state index in [2.05, 4.69) is 44.9 Å². The standard InChI is InChI=1S/C12H18BrN3O/c1-8(2)16-5-4-9(7-16)11-6-10(13)12(17-3)15-14-11/h6,8-9H,4-5,7H2,1-3H3. The van der Waals surface area contributed by atoms with Gasteiger partial charge in [0.25, 0.3) is 0 Å². The first kappa shape index (κ1) is 12.8. The largest absolute Gasteiger partial charge is 0.479 e. The molecule has 1 aliphatic heterocycles. The first-order chi connectivity index (χ1) is 8.11. The molecule has 1 aliphatic rings. The number of methoxy groups -OCH3 is 1. The summed E-state index contributed by atoms with van der Waals surface area (Å²) >= 11 is 3.46. The van der Waals surface area contributed by atoms with Crippen LogP contribution in [0.25, 0.3) is 0 Å². The molecule has 0 N–H and O–H groups in total. The Labute approximate surface area is 110 Å². The second-order valence-corrected chi connectivity index (χ2v) is 5.56. The second kappa shape index (κ2) is 5.31. The van der Waals surface area contributed by atoms with Gasteiger partial charge >= 0.3 is 0 Å². The minimum atomic E-state index is 0.493.